The lowest BCUT2D eigenvalue weighted by atomic mass is 9.84. The van der Waals surface area contributed by atoms with Crippen LogP contribution in [0.2, 0.25) is 0 Å². The lowest BCUT2D eigenvalue weighted by Crippen LogP contribution is -2.49. The van der Waals surface area contributed by atoms with Crippen molar-refractivity contribution < 1.29 is 9.47 Å². The zero-order valence-corrected chi connectivity index (χ0v) is 21.5. The van der Waals surface area contributed by atoms with Crippen LogP contribution >= 0.6 is 24.0 Å². The largest absolute Gasteiger partial charge is 0.493 e. The first-order valence-corrected chi connectivity index (χ1v) is 10.5. The molecule has 0 radical (unpaired) electrons. The number of aliphatic imine (C=N–C) groups is 1. The van der Waals surface area contributed by atoms with Gasteiger partial charge in [0.25, 0.3) is 0 Å². The van der Waals surface area contributed by atoms with Gasteiger partial charge in [0, 0.05) is 37.6 Å². The summed E-state index contributed by atoms with van der Waals surface area (Å²) in [7, 11) is 3.32. The third-order valence-corrected chi connectivity index (χ3v) is 5.46. The summed E-state index contributed by atoms with van der Waals surface area (Å²) in [4.78, 5) is 7.34. The SMILES string of the molecule is C=CCN1CCC(NC(=NCC(C)(C)c2ccc(OC)c(OC)c2)NCC)CC1.I. The van der Waals surface area contributed by atoms with E-state index in [1.54, 1.807) is 14.2 Å². The summed E-state index contributed by atoms with van der Waals surface area (Å²) in [6.07, 6.45) is 4.23. The monoisotopic (exact) mass is 530 g/mol. The Bertz CT molecular complexity index is 686. The molecule has 1 fully saturated rings. The Morgan fingerprint density at radius 3 is 2.47 bits per heavy atom. The average Bonchev–Trinajstić information content (AvgIpc) is 2.73. The quantitative estimate of drug-likeness (QED) is 0.220. The number of hydrogen-bond acceptors (Lipinski definition) is 4. The minimum absolute atomic E-state index is 0. The fraction of sp³-hybridized carbons (Fsp3) is 0.609. The van der Waals surface area contributed by atoms with E-state index in [9.17, 15) is 0 Å². The molecule has 7 heteroatoms. The fourth-order valence-corrected chi connectivity index (χ4v) is 3.58. The van der Waals surface area contributed by atoms with Crippen molar-refractivity contribution in [3.63, 3.8) is 0 Å². The minimum atomic E-state index is -0.130. The molecule has 1 aromatic rings. The predicted octanol–water partition coefficient (Wildman–Crippen LogP) is 3.80. The maximum atomic E-state index is 5.47. The number of nitrogens with zero attached hydrogens (tertiary/aromatic N) is 2. The van der Waals surface area contributed by atoms with Gasteiger partial charge in [0.15, 0.2) is 17.5 Å². The summed E-state index contributed by atoms with van der Waals surface area (Å²) < 4.78 is 10.8. The topological polar surface area (TPSA) is 58.1 Å². The van der Waals surface area contributed by atoms with Crippen LogP contribution in [0.4, 0.5) is 0 Å². The number of hydrogen-bond donors (Lipinski definition) is 2. The highest BCUT2D eigenvalue weighted by atomic mass is 127. The number of methoxy groups -OCH3 is 2. The molecule has 0 spiro atoms. The maximum Gasteiger partial charge on any atom is 0.191 e. The number of nitrogens with one attached hydrogen (secondary N) is 2. The molecule has 2 N–H and O–H groups in total. The van der Waals surface area contributed by atoms with Crippen LogP contribution in [0.5, 0.6) is 11.5 Å². The summed E-state index contributed by atoms with van der Waals surface area (Å²) in [6.45, 7) is 15.0. The lowest BCUT2D eigenvalue weighted by molar-refractivity contribution is 0.225. The second-order valence-electron chi connectivity index (χ2n) is 8.16. The molecule has 0 aliphatic carbocycles. The van der Waals surface area contributed by atoms with Crippen LogP contribution in [0.1, 0.15) is 39.2 Å². The molecule has 1 aromatic carbocycles. The number of rotatable bonds is 9. The molecule has 30 heavy (non-hydrogen) atoms. The zero-order valence-electron chi connectivity index (χ0n) is 19.2. The Balaban J connectivity index is 0.00000450. The number of halogens is 1. The fourth-order valence-electron chi connectivity index (χ4n) is 3.58. The molecule has 0 bridgehead atoms. The normalized spacial score (nSPS) is 15.8. The number of guanidine groups is 1. The molecular weight excluding hydrogens is 491 g/mol. The van der Waals surface area contributed by atoms with Crippen LogP contribution in [-0.2, 0) is 5.41 Å². The molecule has 0 saturated carbocycles. The standard InChI is InChI=1S/C23H38N4O2.HI/c1-7-13-27-14-11-19(12-15-27)26-22(24-8-2)25-17-23(3,4)18-9-10-20(28-5)21(16-18)29-6;/h7,9-10,16,19H,1,8,11-15,17H2,2-6H3,(H2,24,25,26);1H. The molecule has 2 rings (SSSR count). The highest BCUT2D eigenvalue weighted by Gasteiger charge is 2.23. The van der Waals surface area contributed by atoms with E-state index < -0.39 is 0 Å². The number of ether oxygens (including phenoxy) is 2. The van der Waals surface area contributed by atoms with Crippen molar-refractivity contribution in [1.29, 1.82) is 0 Å². The van der Waals surface area contributed by atoms with Gasteiger partial charge in [-0.05, 0) is 37.5 Å². The Kier molecular flexibility index (Phi) is 11.5. The second-order valence-corrected chi connectivity index (χ2v) is 8.16. The van der Waals surface area contributed by atoms with Gasteiger partial charge in [-0.2, -0.15) is 0 Å². The molecule has 6 nitrogen and oxygen atoms in total. The third-order valence-electron chi connectivity index (χ3n) is 5.46. The highest BCUT2D eigenvalue weighted by Crippen LogP contribution is 2.33. The van der Waals surface area contributed by atoms with Crippen molar-refractivity contribution in [1.82, 2.24) is 15.5 Å². The molecule has 170 valence electrons. The Morgan fingerprint density at radius 2 is 1.90 bits per heavy atom. The van der Waals surface area contributed by atoms with Crippen molar-refractivity contribution in [2.45, 2.75) is 45.1 Å². The van der Waals surface area contributed by atoms with Gasteiger partial charge in [-0.3, -0.25) is 9.89 Å². The first-order valence-electron chi connectivity index (χ1n) is 10.5. The smallest absolute Gasteiger partial charge is 0.191 e. The highest BCUT2D eigenvalue weighted by molar-refractivity contribution is 14.0. The number of likely N-dealkylation sites (tertiary alicyclic amines) is 1. The Hall–Kier alpha value is -1.48. The lowest BCUT2D eigenvalue weighted by Gasteiger charge is -2.32. The van der Waals surface area contributed by atoms with Gasteiger partial charge in [-0.15, -0.1) is 30.6 Å². The predicted molar refractivity (Wildman–Crippen MR) is 137 cm³/mol. The van der Waals surface area contributed by atoms with E-state index in [4.69, 9.17) is 14.5 Å². The molecule has 0 atom stereocenters. The average molecular weight is 530 g/mol. The minimum Gasteiger partial charge on any atom is -0.493 e. The van der Waals surface area contributed by atoms with Crippen LogP contribution < -0.4 is 20.1 Å². The first-order chi connectivity index (χ1) is 13.9. The molecule has 1 saturated heterocycles. The molecular formula is C23H39IN4O2. The number of piperidine rings is 1. The van der Waals surface area contributed by atoms with Crippen molar-refractivity contribution in [2.24, 2.45) is 4.99 Å². The van der Waals surface area contributed by atoms with E-state index >= 15 is 0 Å². The van der Waals surface area contributed by atoms with Crippen LogP contribution in [0.25, 0.3) is 0 Å². The molecule has 0 unspecified atom stereocenters. The molecule has 1 heterocycles. The molecule has 1 aliphatic rings. The van der Waals surface area contributed by atoms with Gasteiger partial charge < -0.3 is 20.1 Å². The van der Waals surface area contributed by atoms with E-state index in [0.29, 0.717) is 12.6 Å². The third kappa shape index (κ3) is 7.65. The number of benzene rings is 1. The zero-order chi connectivity index (χ0) is 21.3. The van der Waals surface area contributed by atoms with Gasteiger partial charge in [-0.1, -0.05) is 26.0 Å². The van der Waals surface area contributed by atoms with Gasteiger partial charge in [0.2, 0.25) is 0 Å². The summed E-state index contributed by atoms with van der Waals surface area (Å²) in [5.74, 6) is 2.38. The van der Waals surface area contributed by atoms with Gasteiger partial charge in [0.1, 0.15) is 0 Å². The van der Waals surface area contributed by atoms with E-state index in [2.05, 4.69) is 49.0 Å². The van der Waals surface area contributed by atoms with Crippen molar-refractivity contribution >= 4 is 29.9 Å². The van der Waals surface area contributed by atoms with Crippen molar-refractivity contribution in [2.75, 3.05) is 46.9 Å². The first kappa shape index (κ1) is 26.6. The summed E-state index contributed by atoms with van der Waals surface area (Å²) >= 11 is 0. The van der Waals surface area contributed by atoms with Crippen LogP contribution in [0, 0.1) is 0 Å². The van der Waals surface area contributed by atoms with Crippen molar-refractivity contribution in [3.8, 4) is 11.5 Å². The van der Waals surface area contributed by atoms with Gasteiger partial charge >= 0.3 is 0 Å². The van der Waals surface area contributed by atoms with E-state index in [0.717, 1.165) is 56.5 Å². The van der Waals surface area contributed by atoms with Crippen molar-refractivity contribution in [3.05, 3.63) is 36.4 Å². The summed E-state index contributed by atoms with van der Waals surface area (Å²) in [6, 6.07) is 6.55. The Morgan fingerprint density at radius 1 is 1.23 bits per heavy atom. The van der Waals surface area contributed by atoms with E-state index in [1.165, 1.54) is 5.56 Å². The van der Waals surface area contributed by atoms with E-state index in [-0.39, 0.29) is 29.4 Å². The molecule has 0 aromatic heterocycles. The molecule has 0 amide bonds. The second kappa shape index (κ2) is 13.0. The van der Waals surface area contributed by atoms with Crippen LogP contribution in [0.15, 0.2) is 35.8 Å². The maximum absolute atomic E-state index is 5.47. The van der Waals surface area contributed by atoms with E-state index in [1.807, 2.05) is 18.2 Å². The van der Waals surface area contributed by atoms with Crippen LogP contribution in [-0.4, -0.2) is 63.8 Å². The van der Waals surface area contributed by atoms with Gasteiger partial charge in [0.05, 0.1) is 20.8 Å². The molecule has 1 aliphatic heterocycles. The summed E-state index contributed by atoms with van der Waals surface area (Å²) in [5.41, 5.74) is 1.04. The van der Waals surface area contributed by atoms with Gasteiger partial charge in [-0.25, -0.2) is 0 Å². The van der Waals surface area contributed by atoms with Crippen LogP contribution in [0.3, 0.4) is 0 Å². The summed E-state index contributed by atoms with van der Waals surface area (Å²) in [5, 5.41) is 7.02. The Labute approximate surface area is 199 Å².